The van der Waals surface area contributed by atoms with Gasteiger partial charge in [0.25, 0.3) is 0 Å². The second-order valence-corrected chi connectivity index (χ2v) is 6.30. The lowest BCUT2D eigenvalue weighted by atomic mass is 10.1. The highest BCUT2D eigenvalue weighted by molar-refractivity contribution is 5.93. The van der Waals surface area contributed by atoms with Crippen LogP contribution in [0.4, 0.5) is 16.2 Å². The van der Waals surface area contributed by atoms with Crippen LogP contribution in [0.5, 0.6) is 0 Å². The molecule has 4 nitrogen and oxygen atoms in total. The van der Waals surface area contributed by atoms with E-state index in [-0.39, 0.29) is 6.03 Å². The zero-order valence-electron chi connectivity index (χ0n) is 14.1. The maximum Gasteiger partial charge on any atom is 0.321 e. The molecule has 2 amide bonds. The summed E-state index contributed by atoms with van der Waals surface area (Å²) in [5.41, 5.74) is 2.06. The van der Waals surface area contributed by atoms with Gasteiger partial charge in [0.2, 0.25) is 0 Å². The van der Waals surface area contributed by atoms with Gasteiger partial charge in [0, 0.05) is 37.6 Å². The Morgan fingerprint density at radius 2 is 1.44 bits per heavy atom. The molecule has 3 aromatic rings. The van der Waals surface area contributed by atoms with E-state index in [1.165, 1.54) is 11.1 Å². The van der Waals surface area contributed by atoms with E-state index < -0.39 is 0 Å². The van der Waals surface area contributed by atoms with E-state index in [1.807, 2.05) is 53.4 Å². The standard InChI is InChI=1S/C21H21N3O/c25-21(22-19-11-10-17-6-4-5-7-18(17)16-19)24-14-12-23(13-15-24)20-8-2-1-3-9-20/h1-11,16H,12-15H2,(H,22,25). The van der Waals surface area contributed by atoms with Crippen molar-refractivity contribution in [3.8, 4) is 0 Å². The molecule has 0 saturated carbocycles. The van der Waals surface area contributed by atoms with Gasteiger partial charge in [-0.25, -0.2) is 4.79 Å². The average molecular weight is 331 g/mol. The minimum Gasteiger partial charge on any atom is -0.368 e. The van der Waals surface area contributed by atoms with Gasteiger partial charge >= 0.3 is 6.03 Å². The van der Waals surface area contributed by atoms with Gasteiger partial charge in [0.1, 0.15) is 0 Å². The maximum absolute atomic E-state index is 12.5. The number of hydrogen-bond donors (Lipinski definition) is 1. The van der Waals surface area contributed by atoms with Crippen molar-refractivity contribution in [3.63, 3.8) is 0 Å². The average Bonchev–Trinajstić information content (AvgIpc) is 2.69. The predicted molar refractivity (Wildman–Crippen MR) is 103 cm³/mol. The third-order valence-corrected chi connectivity index (χ3v) is 4.69. The van der Waals surface area contributed by atoms with Crippen LogP contribution in [0.15, 0.2) is 72.8 Å². The number of hydrogen-bond acceptors (Lipinski definition) is 2. The number of nitrogens with one attached hydrogen (secondary N) is 1. The number of fused-ring (bicyclic) bond motifs is 1. The largest absolute Gasteiger partial charge is 0.368 e. The second kappa shape index (κ2) is 6.85. The van der Waals surface area contributed by atoms with Crippen LogP contribution in [0.25, 0.3) is 10.8 Å². The molecule has 0 spiro atoms. The first-order valence-corrected chi connectivity index (χ1v) is 8.64. The van der Waals surface area contributed by atoms with E-state index in [0.29, 0.717) is 0 Å². The van der Waals surface area contributed by atoms with Crippen LogP contribution < -0.4 is 10.2 Å². The molecule has 0 aromatic heterocycles. The minimum atomic E-state index is -0.0250. The number of anilines is 2. The number of carbonyl (C=O) groups excluding carboxylic acids is 1. The fourth-order valence-corrected chi connectivity index (χ4v) is 3.28. The topological polar surface area (TPSA) is 35.6 Å². The molecule has 25 heavy (non-hydrogen) atoms. The van der Waals surface area contributed by atoms with E-state index in [2.05, 4.69) is 34.5 Å². The van der Waals surface area contributed by atoms with Gasteiger partial charge in [-0.2, -0.15) is 0 Å². The zero-order chi connectivity index (χ0) is 17.1. The first kappa shape index (κ1) is 15.5. The second-order valence-electron chi connectivity index (χ2n) is 6.30. The molecule has 1 saturated heterocycles. The first-order valence-electron chi connectivity index (χ1n) is 8.64. The Kier molecular flexibility index (Phi) is 4.25. The zero-order valence-corrected chi connectivity index (χ0v) is 14.1. The summed E-state index contributed by atoms with van der Waals surface area (Å²) in [6.45, 7) is 3.17. The maximum atomic E-state index is 12.5. The number of amides is 2. The Bertz CT molecular complexity index is 870. The summed E-state index contributed by atoms with van der Waals surface area (Å²) >= 11 is 0. The Morgan fingerprint density at radius 1 is 0.760 bits per heavy atom. The number of benzene rings is 3. The Balaban J connectivity index is 1.38. The third kappa shape index (κ3) is 3.43. The number of piperazine rings is 1. The summed E-state index contributed by atoms with van der Waals surface area (Å²) in [5.74, 6) is 0. The van der Waals surface area contributed by atoms with Crippen LogP contribution in [0.2, 0.25) is 0 Å². The monoisotopic (exact) mass is 331 g/mol. The van der Waals surface area contributed by atoms with Crippen LogP contribution >= 0.6 is 0 Å². The van der Waals surface area contributed by atoms with Gasteiger partial charge in [0.05, 0.1) is 0 Å². The van der Waals surface area contributed by atoms with Crippen molar-refractivity contribution in [3.05, 3.63) is 72.8 Å². The SMILES string of the molecule is O=C(Nc1ccc2ccccc2c1)N1CCN(c2ccccc2)CC1. The molecular weight excluding hydrogens is 310 g/mol. The summed E-state index contributed by atoms with van der Waals surface area (Å²) in [6, 6.07) is 24.5. The molecule has 0 bridgehead atoms. The van der Waals surface area contributed by atoms with Crippen molar-refractivity contribution in [1.82, 2.24) is 4.90 Å². The van der Waals surface area contributed by atoms with Crippen molar-refractivity contribution >= 4 is 28.2 Å². The van der Waals surface area contributed by atoms with E-state index in [0.717, 1.165) is 37.3 Å². The molecule has 0 aliphatic carbocycles. The molecule has 0 unspecified atom stereocenters. The Morgan fingerprint density at radius 3 is 2.20 bits per heavy atom. The highest BCUT2D eigenvalue weighted by atomic mass is 16.2. The molecule has 4 heteroatoms. The summed E-state index contributed by atoms with van der Waals surface area (Å²) in [5, 5.41) is 5.34. The molecule has 126 valence electrons. The summed E-state index contributed by atoms with van der Waals surface area (Å²) in [6.07, 6.45) is 0. The van der Waals surface area contributed by atoms with E-state index in [9.17, 15) is 4.79 Å². The van der Waals surface area contributed by atoms with Gasteiger partial charge < -0.3 is 15.1 Å². The van der Waals surface area contributed by atoms with Gasteiger partial charge in [-0.15, -0.1) is 0 Å². The van der Waals surface area contributed by atoms with Gasteiger partial charge in [-0.1, -0.05) is 48.5 Å². The van der Waals surface area contributed by atoms with E-state index in [1.54, 1.807) is 0 Å². The van der Waals surface area contributed by atoms with Crippen LogP contribution in [-0.4, -0.2) is 37.1 Å². The Hall–Kier alpha value is -3.01. The van der Waals surface area contributed by atoms with Crippen molar-refractivity contribution in [2.75, 3.05) is 36.4 Å². The van der Waals surface area contributed by atoms with Crippen molar-refractivity contribution in [2.45, 2.75) is 0 Å². The first-order chi connectivity index (χ1) is 12.3. The number of carbonyl (C=O) groups is 1. The molecule has 1 aliphatic heterocycles. The highest BCUT2D eigenvalue weighted by Crippen LogP contribution is 2.20. The summed E-state index contributed by atoms with van der Waals surface area (Å²) < 4.78 is 0. The number of para-hydroxylation sites is 1. The van der Waals surface area contributed by atoms with Crippen molar-refractivity contribution < 1.29 is 4.79 Å². The normalized spacial score (nSPS) is 14.6. The van der Waals surface area contributed by atoms with Crippen molar-refractivity contribution in [1.29, 1.82) is 0 Å². The number of nitrogens with zero attached hydrogens (tertiary/aromatic N) is 2. The van der Waals surface area contributed by atoms with Gasteiger partial charge in [-0.05, 0) is 35.0 Å². The number of rotatable bonds is 2. The molecule has 4 rings (SSSR count). The molecule has 1 N–H and O–H groups in total. The molecule has 0 radical (unpaired) electrons. The van der Waals surface area contributed by atoms with E-state index in [4.69, 9.17) is 0 Å². The highest BCUT2D eigenvalue weighted by Gasteiger charge is 2.21. The van der Waals surface area contributed by atoms with E-state index >= 15 is 0 Å². The van der Waals surface area contributed by atoms with Gasteiger partial charge in [0.15, 0.2) is 0 Å². The lowest BCUT2D eigenvalue weighted by Crippen LogP contribution is -2.50. The smallest absolute Gasteiger partial charge is 0.321 e. The number of urea groups is 1. The van der Waals surface area contributed by atoms with Crippen LogP contribution in [0, 0.1) is 0 Å². The van der Waals surface area contributed by atoms with Crippen LogP contribution in [0.3, 0.4) is 0 Å². The van der Waals surface area contributed by atoms with Gasteiger partial charge in [-0.3, -0.25) is 0 Å². The lowest BCUT2D eigenvalue weighted by Gasteiger charge is -2.36. The Labute approximate surface area is 147 Å². The molecule has 3 aromatic carbocycles. The third-order valence-electron chi connectivity index (χ3n) is 4.69. The lowest BCUT2D eigenvalue weighted by molar-refractivity contribution is 0.208. The van der Waals surface area contributed by atoms with Crippen molar-refractivity contribution in [2.24, 2.45) is 0 Å². The molecule has 0 atom stereocenters. The quantitative estimate of drug-likeness (QED) is 0.764. The minimum absolute atomic E-state index is 0.0250. The summed E-state index contributed by atoms with van der Waals surface area (Å²) in [7, 11) is 0. The molecule has 1 aliphatic rings. The molecule has 1 fully saturated rings. The molecule has 1 heterocycles. The van der Waals surface area contributed by atoms with Crippen LogP contribution in [-0.2, 0) is 0 Å². The fourth-order valence-electron chi connectivity index (χ4n) is 3.28. The van der Waals surface area contributed by atoms with Crippen LogP contribution in [0.1, 0.15) is 0 Å². The molecular formula is C21H21N3O. The summed E-state index contributed by atoms with van der Waals surface area (Å²) in [4.78, 5) is 16.7. The fraction of sp³-hybridized carbons (Fsp3) is 0.190. The predicted octanol–water partition coefficient (Wildman–Crippen LogP) is 4.19.